The van der Waals surface area contributed by atoms with E-state index in [1.54, 1.807) is 13.0 Å². The highest BCUT2D eigenvalue weighted by molar-refractivity contribution is 6.10. The van der Waals surface area contributed by atoms with Gasteiger partial charge in [0.2, 0.25) is 0 Å². The molecule has 144 valence electrons. The van der Waals surface area contributed by atoms with Crippen molar-refractivity contribution in [2.24, 2.45) is 0 Å². The topological polar surface area (TPSA) is 62.2 Å². The van der Waals surface area contributed by atoms with E-state index in [9.17, 15) is 9.18 Å². The van der Waals surface area contributed by atoms with Crippen LogP contribution in [0.1, 0.15) is 28.7 Å². The van der Waals surface area contributed by atoms with Crippen LogP contribution in [0.3, 0.4) is 0 Å². The summed E-state index contributed by atoms with van der Waals surface area (Å²) in [7, 11) is 0. The van der Waals surface area contributed by atoms with Gasteiger partial charge in [-0.25, -0.2) is 9.37 Å². The molecule has 0 aliphatic heterocycles. The van der Waals surface area contributed by atoms with Crippen molar-refractivity contribution in [1.29, 1.82) is 0 Å². The second-order valence-electron chi connectivity index (χ2n) is 7.15. The van der Waals surface area contributed by atoms with Gasteiger partial charge in [-0.05, 0) is 43.2 Å². The van der Waals surface area contributed by atoms with Gasteiger partial charge in [0, 0.05) is 33.7 Å². The number of fused-ring (bicyclic) bond motifs is 4. The van der Waals surface area contributed by atoms with E-state index in [0.29, 0.717) is 22.7 Å². The lowest BCUT2D eigenvalue weighted by molar-refractivity contribution is 0.102. The fourth-order valence-corrected chi connectivity index (χ4v) is 3.96. The summed E-state index contributed by atoms with van der Waals surface area (Å²) in [6, 6.07) is 15.0. The molecule has 0 fully saturated rings. The highest BCUT2D eigenvalue weighted by Gasteiger charge is 2.18. The van der Waals surface area contributed by atoms with Gasteiger partial charge in [0.15, 0.2) is 0 Å². The highest BCUT2D eigenvalue weighted by Crippen LogP contribution is 2.30. The van der Waals surface area contributed by atoms with Crippen LogP contribution in [0.5, 0.6) is 0 Å². The fraction of sp³-hybridized carbons (Fsp3) is 0.130. The summed E-state index contributed by atoms with van der Waals surface area (Å²) in [6.07, 6.45) is 2.22. The lowest BCUT2D eigenvalue weighted by Gasteiger charge is -2.06. The van der Waals surface area contributed by atoms with E-state index in [1.165, 1.54) is 27.6 Å². The summed E-state index contributed by atoms with van der Waals surface area (Å²) in [5.74, 6) is -0.750. The molecule has 5 aromatic rings. The van der Waals surface area contributed by atoms with Crippen LogP contribution in [-0.4, -0.2) is 20.3 Å². The standard InChI is InChI=1S/C23H19FN4O/c1-3-14-5-4-6-18-17-9-8-16(11-19(17)27-21(14)18)26-23(29)22-13(2)25-20-10-7-15(24)12-28(20)22/h4-12,27H,3H2,1-2H3,(H,26,29). The highest BCUT2D eigenvalue weighted by atomic mass is 19.1. The van der Waals surface area contributed by atoms with Gasteiger partial charge in [0.25, 0.3) is 5.91 Å². The molecule has 0 atom stereocenters. The molecule has 0 aliphatic rings. The Kier molecular flexibility index (Phi) is 3.87. The van der Waals surface area contributed by atoms with E-state index >= 15 is 0 Å². The molecule has 0 radical (unpaired) electrons. The van der Waals surface area contributed by atoms with Crippen LogP contribution >= 0.6 is 0 Å². The number of rotatable bonds is 3. The monoisotopic (exact) mass is 386 g/mol. The van der Waals surface area contributed by atoms with Crippen LogP contribution in [-0.2, 0) is 6.42 Å². The molecular weight excluding hydrogens is 367 g/mol. The zero-order valence-electron chi connectivity index (χ0n) is 16.1. The molecule has 2 N–H and O–H groups in total. The fourth-order valence-electron chi connectivity index (χ4n) is 3.96. The zero-order chi connectivity index (χ0) is 20.1. The Morgan fingerprint density at radius 1 is 1.17 bits per heavy atom. The maximum absolute atomic E-state index is 13.7. The maximum Gasteiger partial charge on any atom is 0.274 e. The number of hydrogen-bond donors (Lipinski definition) is 2. The van der Waals surface area contributed by atoms with Crippen molar-refractivity contribution in [1.82, 2.24) is 14.4 Å². The first-order valence-corrected chi connectivity index (χ1v) is 9.54. The number of para-hydroxylation sites is 1. The van der Waals surface area contributed by atoms with E-state index < -0.39 is 5.82 Å². The molecule has 3 aromatic heterocycles. The molecule has 0 bridgehead atoms. The van der Waals surface area contributed by atoms with Crippen LogP contribution in [0, 0.1) is 12.7 Å². The van der Waals surface area contributed by atoms with Crippen molar-refractivity contribution >= 4 is 39.0 Å². The Balaban J connectivity index is 1.55. The second kappa shape index (κ2) is 6.44. The van der Waals surface area contributed by atoms with E-state index in [0.717, 1.165) is 22.8 Å². The number of halogens is 1. The number of nitrogens with zero attached hydrogens (tertiary/aromatic N) is 2. The van der Waals surface area contributed by atoms with Gasteiger partial charge in [-0.15, -0.1) is 0 Å². The molecule has 5 rings (SSSR count). The average molecular weight is 386 g/mol. The first-order chi connectivity index (χ1) is 14.0. The van der Waals surface area contributed by atoms with Gasteiger partial charge in [-0.3, -0.25) is 9.20 Å². The van der Waals surface area contributed by atoms with E-state index in [2.05, 4.69) is 40.4 Å². The van der Waals surface area contributed by atoms with Crippen LogP contribution in [0.4, 0.5) is 10.1 Å². The number of carbonyl (C=O) groups is 1. The van der Waals surface area contributed by atoms with Crippen molar-refractivity contribution in [2.75, 3.05) is 5.32 Å². The molecule has 6 heteroatoms. The number of imidazole rings is 1. The number of aromatic nitrogens is 3. The minimum atomic E-state index is -0.421. The number of nitrogens with one attached hydrogen (secondary N) is 2. The van der Waals surface area contributed by atoms with E-state index in [-0.39, 0.29) is 5.91 Å². The number of amides is 1. The Morgan fingerprint density at radius 3 is 2.86 bits per heavy atom. The molecule has 29 heavy (non-hydrogen) atoms. The Morgan fingerprint density at radius 2 is 2.03 bits per heavy atom. The van der Waals surface area contributed by atoms with Gasteiger partial charge >= 0.3 is 0 Å². The van der Waals surface area contributed by atoms with E-state index in [4.69, 9.17) is 0 Å². The number of anilines is 1. The molecule has 0 saturated carbocycles. The molecule has 1 amide bonds. The van der Waals surface area contributed by atoms with Crippen molar-refractivity contribution < 1.29 is 9.18 Å². The zero-order valence-corrected chi connectivity index (χ0v) is 16.1. The largest absolute Gasteiger partial charge is 0.354 e. The number of hydrogen-bond acceptors (Lipinski definition) is 2. The van der Waals surface area contributed by atoms with Gasteiger partial charge in [-0.2, -0.15) is 0 Å². The second-order valence-corrected chi connectivity index (χ2v) is 7.15. The minimum absolute atomic E-state index is 0.324. The predicted octanol–water partition coefficient (Wildman–Crippen LogP) is 5.23. The van der Waals surface area contributed by atoms with Crippen molar-refractivity contribution in [3.8, 4) is 0 Å². The Hall–Kier alpha value is -3.67. The summed E-state index contributed by atoms with van der Waals surface area (Å²) in [5, 5.41) is 5.20. The third-order valence-electron chi connectivity index (χ3n) is 5.33. The van der Waals surface area contributed by atoms with Crippen molar-refractivity contribution in [3.63, 3.8) is 0 Å². The van der Waals surface area contributed by atoms with Crippen LogP contribution in [0.15, 0.2) is 54.7 Å². The van der Waals surface area contributed by atoms with Gasteiger partial charge in [-0.1, -0.05) is 31.2 Å². The van der Waals surface area contributed by atoms with Crippen molar-refractivity contribution in [2.45, 2.75) is 20.3 Å². The molecule has 0 unspecified atom stereocenters. The molecular formula is C23H19FN4O. The van der Waals surface area contributed by atoms with Crippen LogP contribution < -0.4 is 5.32 Å². The number of aromatic amines is 1. The number of H-pyrrole nitrogens is 1. The molecule has 3 heterocycles. The van der Waals surface area contributed by atoms with Crippen LogP contribution in [0.25, 0.3) is 27.5 Å². The Bertz CT molecular complexity index is 1410. The number of pyridine rings is 1. The third-order valence-corrected chi connectivity index (χ3v) is 5.33. The summed E-state index contributed by atoms with van der Waals surface area (Å²) in [6.45, 7) is 3.87. The maximum atomic E-state index is 13.7. The molecule has 0 saturated heterocycles. The number of aryl methyl sites for hydroxylation is 2. The first kappa shape index (κ1) is 17.4. The van der Waals surface area contributed by atoms with Gasteiger partial charge in [0.1, 0.15) is 17.2 Å². The van der Waals surface area contributed by atoms with Gasteiger partial charge in [0.05, 0.1) is 5.69 Å². The number of carbonyl (C=O) groups excluding carboxylic acids is 1. The normalized spacial score (nSPS) is 11.6. The average Bonchev–Trinajstić information content (AvgIpc) is 3.23. The third kappa shape index (κ3) is 2.76. The lowest BCUT2D eigenvalue weighted by atomic mass is 10.1. The Labute approximate surface area is 166 Å². The SMILES string of the molecule is CCc1cccc2c1[nH]c1cc(NC(=O)c3c(C)nc4ccc(F)cn34)ccc12. The summed E-state index contributed by atoms with van der Waals surface area (Å²) < 4.78 is 15.2. The first-order valence-electron chi connectivity index (χ1n) is 9.54. The molecule has 2 aromatic carbocycles. The molecule has 0 spiro atoms. The smallest absolute Gasteiger partial charge is 0.274 e. The lowest BCUT2D eigenvalue weighted by Crippen LogP contribution is -2.15. The minimum Gasteiger partial charge on any atom is -0.354 e. The van der Waals surface area contributed by atoms with Crippen LogP contribution in [0.2, 0.25) is 0 Å². The molecule has 0 aliphatic carbocycles. The number of benzene rings is 2. The predicted molar refractivity (Wildman–Crippen MR) is 113 cm³/mol. The summed E-state index contributed by atoms with van der Waals surface area (Å²) in [5.41, 5.74) is 5.41. The quantitative estimate of drug-likeness (QED) is 0.446. The van der Waals surface area contributed by atoms with E-state index in [1.807, 2.05) is 18.2 Å². The molecule has 5 nitrogen and oxygen atoms in total. The van der Waals surface area contributed by atoms with Crippen molar-refractivity contribution in [3.05, 3.63) is 77.5 Å². The van der Waals surface area contributed by atoms with Gasteiger partial charge < -0.3 is 10.3 Å². The summed E-state index contributed by atoms with van der Waals surface area (Å²) >= 11 is 0. The summed E-state index contributed by atoms with van der Waals surface area (Å²) in [4.78, 5) is 20.7.